The Labute approximate surface area is 200 Å². The topological polar surface area (TPSA) is 95.5 Å². The molecule has 0 aliphatic carbocycles. The molecule has 2 aromatic carbocycles. The molecule has 4 aromatic rings. The van der Waals surface area contributed by atoms with Crippen molar-refractivity contribution < 1.29 is 19.5 Å². The highest BCUT2D eigenvalue weighted by atomic mass is 35.5. The number of carbonyl (C=O) groups is 3. The third kappa shape index (κ3) is 4.94. The van der Waals surface area contributed by atoms with Gasteiger partial charge in [-0.2, -0.15) is 0 Å². The molecule has 0 fully saturated rings. The summed E-state index contributed by atoms with van der Waals surface area (Å²) in [5.41, 5.74) is 0.0773. The summed E-state index contributed by atoms with van der Waals surface area (Å²) >= 11 is 14.5. The number of carboxylic acid groups (broad SMARTS) is 1. The van der Waals surface area contributed by atoms with Crippen molar-refractivity contribution in [2.45, 2.75) is 6.54 Å². The van der Waals surface area contributed by atoms with Gasteiger partial charge in [0.15, 0.2) is 0 Å². The highest BCUT2D eigenvalue weighted by Crippen LogP contribution is 2.29. The fourth-order valence-corrected chi connectivity index (χ4v) is 5.25. The second kappa shape index (κ2) is 9.30. The highest BCUT2D eigenvalue weighted by molar-refractivity contribution is 7.21. The molecule has 0 bridgehead atoms. The summed E-state index contributed by atoms with van der Waals surface area (Å²) in [6, 6.07) is 14.7. The first kappa shape index (κ1) is 22.3. The predicted octanol–water partition coefficient (Wildman–Crippen LogP) is 6.15. The molecular formula is C22H14Cl2N2O4S2. The van der Waals surface area contributed by atoms with Gasteiger partial charge < -0.3 is 15.7 Å². The van der Waals surface area contributed by atoms with Crippen molar-refractivity contribution in [3.63, 3.8) is 0 Å². The summed E-state index contributed by atoms with van der Waals surface area (Å²) in [7, 11) is 0. The summed E-state index contributed by atoms with van der Waals surface area (Å²) in [6.45, 7) is 0.271. The molecule has 2 heterocycles. The van der Waals surface area contributed by atoms with Crippen molar-refractivity contribution in [3.8, 4) is 0 Å². The van der Waals surface area contributed by atoms with E-state index in [-0.39, 0.29) is 23.4 Å². The van der Waals surface area contributed by atoms with Crippen LogP contribution in [-0.2, 0) is 6.54 Å². The molecule has 0 saturated carbocycles. The minimum atomic E-state index is -1.26. The zero-order valence-corrected chi connectivity index (χ0v) is 19.3. The number of anilines is 1. The maximum Gasteiger partial charge on any atom is 0.337 e. The lowest BCUT2D eigenvalue weighted by Gasteiger charge is -2.10. The minimum absolute atomic E-state index is 0.0968. The van der Waals surface area contributed by atoms with Gasteiger partial charge in [-0.25, -0.2) is 4.79 Å². The molecule has 0 saturated heterocycles. The first-order valence-corrected chi connectivity index (χ1v) is 11.6. The largest absolute Gasteiger partial charge is 0.478 e. The van der Waals surface area contributed by atoms with Crippen LogP contribution in [0.2, 0.25) is 9.36 Å². The van der Waals surface area contributed by atoms with Crippen molar-refractivity contribution in [1.82, 2.24) is 5.32 Å². The second-order valence-corrected chi connectivity index (χ2v) is 10.0. The Hall–Kier alpha value is -2.91. The normalized spacial score (nSPS) is 10.8. The molecule has 2 aromatic heterocycles. The molecule has 3 N–H and O–H groups in total. The Kier molecular flexibility index (Phi) is 6.48. The molecule has 2 amide bonds. The number of thiophene rings is 2. The number of benzene rings is 2. The van der Waals surface area contributed by atoms with E-state index in [1.165, 1.54) is 40.9 Å². The number of hydrogen-bond acceptors (Lipinski definition) is 5. The van der Waals surface area contributed by atoms with Crippen LogP contribution in [-0.4, -0.2) is 22.9 Å². The van der Waals surface area contributed by atoms with Crippen LogP contribution in [0.15, 0.2) is 54.6 Å². The van der Waals surface area contributed by atoms with E-state index in [2.05, 4.69) is 10.6 Å². The van der Waals surface area contributed by atoms with Gasteiger partial charge in [0.1, 0.15) is 0 Å². The lowest BCUT2D eigenvalue weighted by atomic mass is 10.1. The average molecular weight is 505 g/mol. The third-order valence-corrected chi connectivity index (χ3v) is 7.08. The number of hydrogen-bond donors (Lipinski definition) is 3. The van der Waals surface area contributed by atoms with Crippen LogP contribution >= 0.6 is 45.9 Å². The van der Waals surface area contributed by atoms with E-state index in [0.717, 1.165) is 15.0 Å². The molecule has 4 rings (SSSR count). The van der Waals surface area contributed by atoms with E-state index in [0.29, 0.717) is 14.2 Å². The van der Waals surface area contributed by atoms with Gasteiger partial charge in [-0.15, -0.1) is 22.7 Å². The van der Waals surface area contributed by atoms with E-state index in [1.807, 2.05) is 6.07 Å². The fourth-order valence-electron chi connectivity index (χ4n) is 2.99. The van der Waals surface area contributed by atoms with Gasteiger partial charge in [0, 0.05) is 20.2 Å². The van der Waals surface area contributed by atoms with Crippen LogP contribution < -0.4 is 10.6 Å². The third-order valence-electron chi connectivity index (χ3n) is 4.52. The predicted molar refractivity (Wildman–Crippen MR) is 129 cm³/mol. The molecule has 162 valence electrons. The lowest BCUT2D eigenvalue weighted by Crippen LogP contribution is -2.23. The lowest BCUT2D eigenvalue weighted by molar-refractivity contribution is 0.0698. The summed E-state index contributed by atoms with van der Waals surface area (Å²) < 4.78 is 1.46. The average Bonchev–Trinajstić information content (AvgIpc) is 3.37. The van der Waals surface area contributed by atoms with Gasteiger partial charge >= 0.3 is 5.97 Å². The zero-order chi connectivity index (χ0) is 22.8. The maximum absolute atomic E-state index is 12.7. The zero-order valence-electron chi connectivity index (χ0n) is 16.1. The van der Waals surface area contributed by atoms with Gasteiger partial charge in [0.05, 0.1) is 27.0 Å². The minimum Gasteiger partial charge on any atom is -0.478 e. The molecule has 0 atom stereocenters. The van der Waals surface area contributed by atoms with Crippen LogP contribution in [0.4, 0.5) is 5.69 Å². The Bertz CT molecular complexity index is 1360. The number of amides is 2. The van der Waals surface area contributed by atoms with Crippen molar-refractivity contribution >= 4 is 79.4 Å². The van der Waals surface area contributed by atoms with Crippen LogP contribution in [0.5, 0.6) is 0 Å². The molecule has 0 aliphatic heterocycles. The van der Waals surface area contributed by atoms with E-state index in [1.54, 1.807) is 30.3 Å². The molecule has 0 unspecified atom stereocenters. The number of carbonyl (C=O) groups excluding carboxylic acids is 2. The second-order valence-electron chi connectivity index (χ2n) is 6.70. The number of rotatable bonds is 6. The van der Waals surface area contributed by atoms with E-state index < -0.39 is 17.8 Å². The fraction of sp³-hybridized carbons (Fsp3) is 0.0455. The van der Waals surface area contributed by atoms with Crippen LogP contribution in [0.1, 0.15) is 35.3 Å². The van der Waals surface area contributed by atoms with Gasteiger partial charge in [0.25, 0.3) is 11.8 Å². The van der Waals surface area contributed by atoms with Gasteiger partial charge in [-0.05, 0) is 53.9 Å². The number of nitrogens with one attached hydrogen (secondary N) is 2. The molecule has 32 heavy (non-hydrogen) atoms. The molecular weight excluding hydrogens is 491 g/mol. The van der Waals surface area contributed by atoms with Crippen LogP contribution in [0, 0.1) is 0 Å². The molecule has 6 nitrogen and oxygen atoms in total. The van der Waals surface area contributed by atoms with Crippen molar-refractivity contribution in [2.24, 2.45) is 0 Å². The van der Waals surface area contributed by atoms with Gasteiger partial charge in [-0.3, -0.25) is 9.59 Å². The molecule has 0 radical (unpaired) electrons. The summed E-state index contributed by atoms with van der Waals surface area (Å²) in [4.78, 5) is 38.2. The smallest absolute Gasteiger partial charge is 0.337 e. The van der Waals surface area contributed by atoms with E-state index >= 15 is 0 Å². The first-order valence-electron chi connectivity index (χ1n) is 9.20. The van der Waals surface area contributed by atoms with Crippen molar-refractivity contribution in [1.29, 1.82) is 0 Å². The van der Waals surface area contributed by atoms with E-state index in [9.17, 15) is 19.5 Å². The van der Waals surface area contributed by atoms with Gasteiger partial charge in [-0.1, -0.05) is 29.3 Å². The monoisotopic (exact) mass is 504 g/mol. The first-order chi connectivity index (χ1) is 15.3. The summed E-state index contributed by atoms with van der Waals surface area (Å²) in [6.07, 6.45) is 0. The SMILES string of the molecule is O=C(NCc1ccc(Cl)s1)c1ccc(NC(=O)c2cc3ccc(Cl)cc3s2)c(C(=O)O)c1. The quantitative estimate of drug-likeness (QED) is 0.293. The highest BCUT2D eigenvalue weighted by Gasteiger charge is 2.18. The summed E-state index contributed by atoms with van der Waals surface area (Å²) in [5.74, 6) is -2.14. The molecule has 0 aliphatic rings. The number of fused-ring (bicyclic) bond motifs is 1. The van der Waals surface area contributed by atoms with E-state index in [4.69, 9.17) is 23.2 Å². The molecule has 0 spiro atoms. The number of halogens is 2. The Balaban J connectivity index is 1.52. The maximum atomic E-state index is 12.7. The van der Waals surface area contributed by atoms with Crippen molar-refractivity contribution in [3.05, 3.63) is 84.8 Å². The Morgan fingerprint density at radius 3 is 2.44 bits per heavy atom. The number of carboxylic acids is 1. The molecule has 10 heteroatoms. The van der Waals surface area contributed by atoms with Gasteiger partial charge in [0.2, 0.25) is 0 Å². The Morgan fingerprint density at radius 1 is 0.906 bits per heavy atom. The van der Waals surface area contributed by atoms with Crippen LogP contribution in [0.3, 0.4) is 0 Å². The van der Waals surface area contributed by atoms with Crippen LogP contribution in [0.25, 0.3) is 10.1 Å². The number of aromatic carboxylic acids is 1. The van der Waals surface area contributed by atoms with Crippen molar-refractivity contribution in [2.75, 3.05) is 5.32 Å². The summed E-state index contributed by atoms with van der Waals surface area (Å²) in [5, 5.41) is 16.4. The Morgan fingerprint density at radius 2 is 1.72 bits per heavy atom. The standard InChI is InChI=1S/C22H14Cl2N2O4S2/c23-13-3-1-11-8-18(32-17(11)9-13)21(28)26-16-5-2-12(7-15(16)22(29)30)20(27)25-10-14-4-6-19(24)31-14/h1-9H,10H2,(H,25,27)(H,26,28)(H,29,30).